The van der Waals surface area contributed by atoms with Crippen molar-refractivity contribution in [3.05, 3.63) is 29.8 Å². The second-order valence-electron chi connectivity index (χ2n) is 4.17. The number of thioether (sulfide) groups is 1. The van der Waals surface area contributed by atoms with E-state index in [1.54, 1.807) is 11.8 Å². The fourth-order valence-electron chi connectivity index (χ4n) is 1.52. The first-order valence-corrected chi connectivity index (χ1v) is 6.34. The SMILES string of the molecule is CCc1cccc(SC(N(C)C)=[N+](C)C)c1.[I-]. The Morgan fingerprint density at radius 2 is 1.94 bits per heavy atom. The number of hydrogen-bond acceptors (Lipinski definition) is 1. The number of aryl methyl sites for hydroxylation is 1. The summed E-state index contributed by atoms with van der Waals surface area (Å²) in [5, 5.41) is 1.24. The minimum atomic E-state index is 0. The van der Waals surface area contributed by atoms with E-state index in [1.165, 1.54) is 15.6 Å². The van der Waals surface area contributed by atoms with E-state index in [0.29, 0.717) is 0 Å². The lowest BCUT2D eigenvalue weighted by Gasteiger charge is -2.10. The minimum absolute atomic E-state index is 0. The van der Waals surface area contributed by atoms with E-state index in [2.05, 4.69) is 68.9 Å². The maximum absolute atomic E-state index is 2.26. The Morgan fingerprint density at radius 1 is 1.29 bits per heavy atom. The summed E-state index contributed by atoms with van der Waals surface area (Å²) < 4.78 is 2.14. The first-order valence-electron chi connectivity index (χ1n) is 5.53. The molecular formula is C13H21IN2S. The number of benzene rings is 1. The molecule has 1 aromatic carbocycles. The molecule has 4 heteroatoms. The Morgan fingerprint density at radius 3 is 2.41 bits per heavy atom. The van der Waals surface area contributed by atoms with Gasteiger partial charge in [0.25, 0.3) is 0 Å². The van der Waals surface area contributed by atoms with Crippen molar-refractivity contribution in [1.29, 1.82) is 0 Å². The van der Waals surface area contributed by atoms with Crippen molar-refractivity contribution in [2.24, 2.45) is 0 Å². The van der Waals surface area contributed by atoms with Gasteiger partial charge in [-0.1, -0.05) is 19.1 Å². The summed E-state index contributed by atoms with van der Waals surface area (Å²) in [6.45, 7) is 2.19. The van der Waals surface area contributed by atoms with Gasteiger partial charge in [-0.2, -0.15) is 0 Å². The van der Waals surface area contributed by atoms with Crippen molar-refractivity contribution >= 4 is 16.9 Å². The molecule has 0 aliphatic rings. The van der Waals surface area contributed by atoms with E-state index in [9.17, 15) is 0 Å². The second-order valence-corrected chi connectivity index (χ2v) is 5.22. The molecule has 2 nitrogen and oxygen atoms in total. The third kappa shape index (κ3) is 5.29. The van der Waals surface area contributed by atoms with Gasteiger partial charge in [-0.25, -0.2) is 0 Å². The van der Waals surface area contributed by atoms with Crippen molar-refractivity contribution in [3.8, 4) is 0 Å². The van der Waals surface area contributed by atoms with Gasteiger partial charge in [-0.15, -0.1) is 0 Å². The summed E-state index contributed by atoms with van der Waals surface area (Å²) in [5.41, 5.74) is 1.39. The van der Waals surface area contributed by atoms with Gasteiger partial charge >= 0.3 is 5.17 Å². The van der Waals surface area contributed by atoms with Gasteiger partial charge in [0.15, 0.2) is 0 Å². The molecule has 0 fully saturated rings. The van der Waals surface area contributed by atoms with Crippen LogP contribution in [0, 0.1) is 0 Å². The van der Waals surface area contributed by atoms with Crippen LogP contribution in [-0.2, 0) is 6.42 Å². The lowest BCUT2D eigenvalue weighted by atomic mass is 10.2. The lowest BCUT2D eigenvalue weighted by molar-refractivity contribution is -0.466. The minimum Gasteiger partial charge on any atom is -1.00 e. The van der Waals surface area contributed by atoms with Crippen LogP contribution in [0.4, 0.5) is 0 Å². The van der Waals surface area contributed by atoms with Crippen LogP contribution in [0.25, 0.3) is 0 Å². The molecule has 0 saturated heterocycles. The highest BCUT2D eigenvalue weighted by Gasteiger charge is 2.13. The number of halogens is 1. The number of rotatable bonds is 2. The van der Waals surface area contributed by atoms with Crippen LogP contribution < -0.4 is 24.0 Å². The van der Waals surface area contributed by atoms with E-state index in [4.69, 9.17) is 0 Å². The Labute approximate surface area is 126 Å². The summed E-state index contributed by atoms with van der Waals surface area (Å²) in [6.07, 6.45) is 1.09. The smallest absolute Gasteiger partial charge is 0.312 e. The summed E-state index contributed by atoms with van der Waals surface area (Å²) in [5.74, 6) is 0. The van der Waals surface area contributed by atoms with Crippen LogP contribution in [0.3, 0.4) is 0 Å². The standard InChI is InChI=1S/C13H21N2S.HI/c1-6-11-8-7-9-12(10-11)16-13(14(2)3)15(4)5;/h7-10H,6H2,1-5H3;1H/q+1;/p-1. The van der Waals surface area contributed by atoms with Crippen molar-refractivity contribution in [2.75, 3.05) is 28.2 Å². The first kappa shape index (κ1) is 16.8. The molecule has 0 amide bonds. The van der Waals surface area contributed by atoms with Crippen LogP contribution in [0.15, 0.2) is 29.2 Å². The van der Waals surface area contributed by atoms with Crippen LogP contribution >= 0.6 is 11.8 Å². The topological polar surface area (TPSA) is 6.25 Å². The highest BCUT2D eigenvalue weighted by Crippen LogP contribution is 2.21. The first-order chi connectivity index (χ1) is 7.54. The third-order valence-corrected chi connectivity index (χ3v) is 3.68. The monoisotopic (exact) mass is 364 g/mol. The Balaban J connectivity index is 0.00000256. The molecule has 0 aliphatic carbocycles. The average Bonchev–Trinajstić information content (AvgIpc) is 2.25. The molecule has 96 valence electrons. The second kappa shape index (κ2) is 7.97. The predicted molar refractivity (Wildman–Crippen MR) is 72.5 cm³/mol. The van der Waals surface area contributed by atoms with E-state index < -0.39 is 0 Å². The maximum atomic E-state index is 2.26. The molecule has 0 saturated carbocycles. The molecule has 0 atom stereocenters. The van der Waals surface area contributed by atoms with E-state index in [0.717, 1.165) is 6.42 Å². The number of nitrogens with zero attached hydrogens (tertiary/aromatic N) is 2. The van der Waals surface area contributed by atoms with E-state index >= 15 is 0 Å². The third-order valence-electron chi connectivity index (χ3n) is 2.28. The Bertz CT molecular complexity index is 385. The van der Waals surface area contributed by atoms with Crippen molar-refractivity contribution < 1.29 is 28.6 Å². The quantitative estimate of drug-likeness (QED) is 0.230. The zero-order chi connectivity index (χ0) is 12.1. The summed E-state index contributed by atoms with van der Waals surface area (Å²) in [4.78, 5) is 3.44. The summed E-state index contributed by atoms with van der Waals surface area (Å²) >= 11 is 1.80. The van der Waals surface area contributed by atoms with Gasteiger partial charge in [0.2, 0.25) is 0 Å². The highest BCUT2D eigenvalue weighted by atomic mass is 127. The van der Waals surface area contributed by atoms with Gasteiger partial charge < -0.3 is 24.0 Å². The molecule has 0 spiro atoms. The average molecular weight is 364 g/mol. The van der Waals surface area contributed by atoms with Gasteiger partial charge in [0.05, 0.1) is 28.2 Å². The Kier molecular flexibility index (Phi) is 7.87. The molecule has 0 aliphatic heterocycles. The molecule has 0 N–H and O–H groups in total. The molecule has 0 radical (unpaired) electrons. The van der Waals surface area contributed by atoms with E-state index in [1.807, 2.05) is 0 Å². The zero-order valence-electron chi connectivity index (χ0n) is 11.2. The Hall–Kier alpha value is -0.230. The highest BCUT2D eigenvalue weighted by molar-refractivity contribution is 8.13. The molecule has 0 unspecified atom stereocenters. The van der Waals surface area contributed by atoms with Crippen LogP contribution in [0.2, 0.25) is 0 Å². The normalized spacial score (nSPS) is 9.47. The summed E-state index contributed by atoms with van der Waals surface area (Å²) in [6, 6.07) is 8.73. The molecule has 17 heavy (non-hydrogen) atoms. The number of amidine groups is 1. The molecule has 0 bridgehead atoms. The van der Waals surface area contributed by atoms with Crippen molar-refractivity contribution in [3.63, 3.8) is 0 Å². The molecule has 0 heterocycles. The van der Waals surface area contributed by atoms with Crippen LogP contribution in [0.1, 0.15) is 12.5 Å². The largest absolute Gasteiger partial charge is 1.00 e. The van der Waals surface area contributed by atoms with Gasteiger partial charge in [-0.05, 0) is 35.9 Å². The van der Waals surface area contributed by atoms with Crippen molar-refractivity contribution in [1.82, 2.24) is 4.90 Å². The molecule has 1 rings (SSSR count). The van der Waals surface area contributed by atoms with Gasteiger partial charge in [-0.3, -0.25) is 9.48 Å². The van der Waals surface area contributed by atoms with Crippen LogP contribution in [-0.4, -0.2) is 42.8 Å². The fourth-order valence-corrected chi connectivity index (χ4v) is 2.45. The number of hydrogen-bond donors (Lipinski definition) is 0. The molecule has 0 aromatic heterocycles. The van der Waals surface area contributed by atoms with Gasteiger partial charge in [0.1, 0.15) is 0 Å². The summed E-state index contributed by atoms with van der Waals surface area (Å²) in [7, 11) is 8.30. The molecule has 1 aromatic rings. The predicted octanol–water partition coefficient (Wildman–Crippen LogP) is -0.465. The lowest BCUT2D eigenvalue weighted by Crippen LogP contribution is -3.00. The van der Waals surface area contributed by atoms with Crippen molar-refractivity contribution in [2.45, 2.75) is 18.2 Å². The fraction of sp³-hybridized carbons (Fsp3) is 0.462. The molecular weight excluding hydrogens is 343 g/mol. The van der Waals surface area contributed by atoms with E-state index in [-0.39, 0.29) is 24.0 Å². The van der Waals surface area contributed by atoms with Crippen LogP contribution in [0.5, 0.6) is 0 Å². The van der Waals surface area contributed by atoms with Gasteiger partial charge in [0, 0.05) is 4.90 Å². The zero-order valence-corrected chi connectivity index (χ0v) is 14.2. The maximum Gasteiger partial charge on any atom is 0.312 e.